The highest BCUT2D eigenvalue weighted by Crippen LogP contribution is 2.31. The predicted octanol–water partition coefficient (Wildman–Crippen LogP) is 2.28. The first-order chi connectivity index (χ1) is 13.2. The zero-order valence-electron chi connectivity index (χ0n) is 14.7. The summed E-state index contributed by atoms with van der Waals surface area (Å²) in [5, 5.41) is 18.0. The smallest absolute Gasteiger partial charge is 0.241 e. The number of aliphatic hydroxyl groups excluding tert-OH is 1. The number of fused-ring (bicyclic) bond motifs is 2. The number of aliphatic hydroxyl groups is 1. The summed E-state index contributed by atoms with van der Waals surface area (Å²) in [6, 6.07) is 8.24. The Balaban J connectivity index is 1.52. The topological polar surface area (TPSA) is 97.5 Å². The first kappa shape index (κ1) is 16.0. The molecular formula is C19H18N6O2. The first-order valence-electron chi connectivity index (χ1n) is 8.79. The number of hydrogen-bond donors (Lipinski definition) is 2. The molecule has 1 aliphatic carbocycles. The van der Waals surface area contributed by atoms with E-state index in [0.717, 1.165) is 40.4 Å². The Morgan fingerprint density at radius 1 is 1.19 bits per heavy atom. The van der Waals surface area contributed by atoms with Crippen molar-refractivity contribution in [3.63, 3.8) is 0 Å². The monoisotopic (exact) mass is 362 g/mol. The van der Waals surface area contributed by atoms with Gasteiger partial charge in [0.25, 0.3) is 0 Å². The van der Waals surface area contributed by atoms with Gasteiger partial charge in [-0.3, -0.25) is 0 Å². The number of aromatic nitrogens is 5. The molecule has 8 nitrogen and oxygen atoms in total. The third-order valence-electron chi connectivity index (χ3n) is 4.97. The average Bonchev–Trinajstić information content (AvgIpc) is 3.09. The molecule has 0 radical (unpaired) electrons. The Morgan fingerprint density at radius 3 is 2.89 bits per heavy atom. The van der Waals surface area contributed by atoms with Gasteiger partial charge in [-0.2, -0.15) is 0 Å². The fourth-order valence-corrected chi connectivity index (χ4v) is 3.46. The highest BCUT2D eigenvalue weighted by molar-refractivity contribution is 5.91. The summed E-state index contributed by atoms with van der Waals surface area (Å²) >= 11 is 0. The molecule has 0 atom stereocenters. The van der Waals surface area contributed by atoms with Crippen LogP contribution in [-0.2, 0) is 0 Å². The molecule has 1 aromatic carbocycles. The summed E-state index contributed by atoms with van der Waals surface area (Å²) in [5.74, 6) is 1.12. The maximum atomic E-state index is 9.41. The molecule has 0 aliphatic heterocycles. The molecule has 3 heterocycles. The lowest BCUT2D eigenvalue weighted by molar-refractivity contribution is 0.0833. The molecular weight excluding hydrogens is 344 g/mol. The molecule has 136 valence electrons. The third kappa shape index (κ3) is 2.74. The zero-order chi connectivity index (χ0) is 18.4. The van der Waals surface area contributed by atoms with Crippen molar-refractivity contribution in [1.29, 1.82) is 0 Å². The van der Waals surface area contributed by atoms with Crippen LogP contribution in [0.3, 0.4) is 0 Å². The fraction of sp³-hybridized carbons (Fsp3) is 0.263. The maximum Gasteiger partial charge on any atom is 0.241 e. The first-order valence-corrected chi connectivity index (χ1v) is 8.79. The summed E-state index contributed by atoms with van der Waals surface area (Å²) in [7, 11) is 1.60. The van der Waals surface area contributed by atoms with E-state index in [0.29, 0.717) is 11.8 Å². The second-order valence-corrected chi connectivity index (χ2v) is 6.72. The van der Waals surface area contributed by atoms with Gasteiger partial charge < -0.3 is 15.2 Å². The summed E-state index contributed by atoms with van der Waals surface area (Å²) in [4.78, 5) is 12.9. The van der Waals surface area contributed by atoms with Crippen molar-refractivity contribution < 1.29 is 9.84 Å². The van der Waals surface area contributed by atoms with Crippen molar-refractivity contribution in [2.24, 2.45) is 0 Å². The largest absolute Gasteiger partial charge is 0.480 e. The fourth-order valence-electron chi connectivity index (χ4n) is 3.46. The number of rotatable bonds is 4. The number of hydrogen-bond acceptors (Lipinski definition) is 7. The van der Waals surface area contributed by atoms with Crippen LogP contribution in [0.15, 0.2) is 43.0 Å². The summed E-state index contributed by atoms with van der Waals surface area (Å²) in [5.41, 5.74) is 3.78. The van der Waals surface area contributed by atoms with Crippen molar-refractivity contribution >= 4 is 22.4 Å². The van der Waals surface area contributed by atoms with Gasteiger partial charge in [-0.15, -0.1) is 5.10 Å². The minimum atomic E-state index is -0.210. The van der Waals surface area contributed by atoms with Crippen LogP contribution < -0.4 is 10.1 Å². The van der Waals surface area contributed by atoms with Crippen LogP contribution in [0.5, 0.6) is 5.88 Å². The van der Waals surface area contributed by atoms with Crippen LogP contribution in [0.4, 0.5) is 5.95 Å². The van der Waals surface area contributed by atoms with Gasteiger partial charge in [0.1, 0.15) is 6.33 Å². The minimum Gasteiger partial charge on any atom is -0.480 e. The summed E-state index contributed by atoms with van der Waals surface area (Å²) < 4.78 is 7.16. The molecule has 1 fully saturated rings. The minimum absolute atomic E-state index is 0.210. The molecule has 0 amide bonds. The van der Waals surface area contributed by atoms with Crippen LogP contribution in [0, 0.1) is 0 Å². The van der Waals surface area contributed by atoms with Gasteiger partial charge >= 0.3 is 0 Å². The molecule has 3 aromatic heterocycles. The van der Waals surface area contributed by atoms with E-state index in [9.17, 15) is 5.11 Å². The molecule has 5 rings (SSSR count). The van der Waals surface area contributed by atoms with Gasteiger partial charge in [0.05, 0.1) is 35.8 Å². The lowest BCUT2D eigenvalue weighted by Gasteiger charge is -2.31. The van der Waals surface area contributed by atoms with Crippen molar-refractivity contribution in [2.45, 2.75) is 25.0 Å². The van der Waals surface area contributed by atoms with E-state index >= 15 is 0 Å². The standard InChI is InChI=1S/C19H18N6O2/c1-27-18-15-6-11(2-3-16(15)21-10-22-18)14-4-5-25-17(14)9-20-19(24-25)23-12-7-13(26)8-12/h2-6,9-10,12-13,26H,7-8H2,1H3,(H,23,24)/t12-,13+. The van der Waals surface area contributed by atoms with E-state index in [1.165, 1.54) is 6.33 Å². The van der Waals surface area contributed by atoms with E-state index in [-0.39, 0.29) is 12.1 Å². The van der Waals surface area contributed by atoms with E-state index in [1.54, 1.807) is 7.11 Å². The molecule has 0 bridgehead atoms. The molecule has 2 N–H and O–H groups in total. The Kier molecular flexibility index (Phi) is 3.64. The van der Waals surface area contributed by atoms with E-state index in [2.05, 4.69) is 25.4 Å². The van der Waals surface area contributed by atoms with Crippen LogP contribution in [0.25, 0.3) is 27.5 Å². The normalized spacial score (nSPS) is 19.2. The van der Waals surface area contributed by atoms with E-state index < -0.39 is 0 Å². The maximum absolute atomic E-state index is 9.41. The number of anilines is 1. The number of ether oxygens (including phenoxy) is 1. The zero-order valence-corrected chi connectivity index (χ0v) is 14.7. The van der Waals surface area contributed by atoms with Gasteiger partial charge in [0.15, 0.2) is 0 Å². The van der Waals surface area contributed by atoms with Crippen molar-refractivity contribution in [3.05, 3.63) is 43.0 Å². The van der Waals surface area contributed by atoms with Gasteiger partial charge in [0.2, 0.25) is 11.8 Å². The van der Waals surface area contributed by atoms with Gasteiger partial charge in [0, 0.05) is 17.8 Å². The van der Waals surface area contributed by atoms with Crippen LogP contribution in [0.1, 0.15) is 12.8 Å². The van der Waals surface area contributed by atoms with Crippen molar-refractivity contribution in [3.8, 4) is 17.0 Å². The van der Waals surface area contributed by atoms with Crippen LogP contribution >= 0.6 is 0 Å². The summed E-state index contributed by atoms with van der Waals surface area (Å²) in [6.45, 7) is 0. The lowest BCUT2D eigenvalue weighted by Crippen LogP contribution is -2.39. The number of benzene rings is 1. The van der Waals surface area contributed by atoms with Crippen LogP contribution in [-0.4, -0.2) is 48.9 Å². The molecule has 1 saturated carbocycles. The second-order valence-electron chi connectivity index (χ2n) is 6.72. The molecule has 0 saturated heterocycles. The van der Waals surface area contributed by atoms with Crippen molar-refractivity contribution in [2.75, 3.05) is 12.4 Å². The molecule has 27 heavy (non-hydrogen) atoms. The Labute approximate surface area is 154 Å². The molecule has 0 unspecified atom stereocenters. The van der Waals surface area contributed by atoms with Gasteiger partial charge in [-0.05, 0) is 36.6 Å². The Morgan fingerprint density at radius 2 is 2.07 bits per heavy atom. The average molecular weight is 362 g/mol. The number of nitrogens with one attached hydrogen (secondary N) is 1. The highest BCUT2D eigenvalue weighted by Gasteiger charge is 2.27. The van der Waals surface area contributed by atoms with Crippen LogP contribution in [0.2, 0.25) is 0 Å². The highest BCUT2D eigenvalue weighted by atomic mass is 16.5. The lowest BCUT2D eigenvalue weighted by atomic mass is 9.90. The summed E-state index contributed by atoms with van der Waals surface area (Å²) in [6.07, 6.45) is 6.48. The Hall–Kier alpha value is -3.26. The van der Waals surface area contributed by atoms with E-state index in [4.69, 9.17) is 4.74 Å². The van der Waals surface area contributed by atoms with Crippen molar-refractivity contribution in [1.82, 2.24) is 24.6 Å². The molecule has 4 aromatic rings. The quantitative estimate of drug-likeness (QED) is 0.575. The predicted molar refractivity (Wildman–Crippen MR) is 101 cm³/mol. The SMILES string of the molecule is COc1ncnc2ccc(-c3ccn4nc(N[C@H]5C[C@@H](O)C5)ncc34)cc12. The van der Waals surface area contributed by atoms with E-state index in [1.807, 2.05) is 41.2 Å². The molecule has 0 spiro atoms. The molecule has 1 aliphatic rings. The third-order valence-corrected chi connectivity index (χ3v) is 4.97. The molecule has 8 heteroatoms. The number of nitrogens with zero attached hydrogens (tertiary/aromatic N) is 5. The Bertz CT molecular complexity index is 1140. The number of methoxy groups -OCH3 is 1. The van der Waals surface area contributed by atoms with Gasteiger partial charge in [-0.1, -0.05) is 6.07 Å². The second kappa shape index (κ2) is 6.17. The van der Waals surface area contributed by atoms with Gasteiger partial charge in [-0.25, -0.2) is 19.5 Å².